The first kappa shape index (κ1) is 14.6. The van der Waals surface area contributed by atoms with Crippen molar-refractivity contribution in [2.45, 2.75) is 24.8 Å². The Bertz CT molecular complexity index is 826. The third-order valence-electron chi connectivity index (χ3n) is 3.58. The van der Waals surface area contributed by atoms with Crippen molar-refractivity contribution in [1.82, 2.24) is 0 Å². The SMILES string of the molecule is CCc1ccc(S(=O)(=O)Nc2ccc3c(c2)COC3=O)cc1. The zero-order valence-electron chi connectivity index (χ0n) is 12.0. The molecule has 114 valence electrons. The van der Waals surface area contributed by atoms with Gasteiger partial charge >= 0.3 is 5.97 Å². The van der Waals surface area contributed by atoms with E-state index in [1.54, 1.807) is 42.5 Å². The Morgan fingerprint density at radius 1 is 1.14 bits per heavy atom. The van der Waals surface area contributed by atoms with Crippen LogP contribution in [0.3, 0.4) is 0 Å². The van der Waals surface area contributed by atoms with Gasteiger partial charge in [0, 0.05) is 11.3 Å². The molecule has 1 N–H and O–H groups in total. The molecule has 0 fully saturated rings. The van der Waals surface area contributed by atoms with Crippen molar-refractivity contribution in [3.63, 3.8) is 0 Å². The second-order valence-corrected chi connectivity index (χ2v) is 6.73. The van der Waals surface area contributed by atoms with Gasteiger partial charge < -0.3 is 4.74 Å². The number of aryl methyl sites for hydroxylation is 1. The zero-order valence-corrected chi connectivity index (χ0v) is 12.8. The summed E-state index contributed by atoms with van der Waals surface area (Å²) < 4.78 is 32.1. The zero-order chi connectivity index (χ0) is 15.7. The molecule has 0 saturated heterocycles. The second kappa shape index (κ2) is 5.46. The second-order valence-electron chi connectivity index (χ2n) is 5.05. The number of esters is 1. The molecule has 1 aliphatic heterocycles. The molecule has 2 aromatic rings. The Morgan fingerprint density at radius 2 is 1.86 bits per heavy atom. The standard InChI is InChI=1S/C16H15NO4S/c1-2-11-3-6-14(7-4-11)22(19,20)17-13-5-8-15-12(9-13)10-21-16(15)18/h3-9,17H,2,10H2,1H3. The van der Waals surface area contributed by atoms with Gasteiger partial charge in [-0.15, -0.1) is 0 Å². The van der Waals surface area contributed by atoms with E-state index >= 15 is 0 Å². The van der Waals surface area contributed by atoms with Gasteiger partial charge in [0.15, 0.2) is 0 Å². The van der Waals surface area contributed by atoms with E-state index in [-0.39, 0.29) is 17.5 Å². The van der Waals surface area contributed by atoms with Crippen LogP contribution in [0.2, 0.25) is 0 Å². The smallest absolute Gasteiger partial charge is 0.338 e. The van der Waals surface area contributed by atoms with Gasteiger partial charge in [-0.3, -0.25) is 4.72 Å². The highest BCUT2D eigenvalue weighted by atomic mass is 32.2. The minimum atomic E-state index is -3.65. The number of benzene rings is 2. The maximum atomic E-state index is 12.4. The van der Waals surface area contributed by atoms with Gasteiger partial charge in [-0.1, -0.05) is 19.1 Å². The number of fused-ring (bicyclic) bond motifs is 1. The van der Waals surface area contributed by atoms with Gasteiger partial charge in [0.25, 0.3) is 10.0 Å². The first-order chi connectivity index (χ1) is 10.5. The molecule has 5 nitrogen and oxygen atoms in total. The van der Waals surface area contributed by atoms with Crippen LogP contribution in [0.4, 0.5) is 5.69 Å². The number of carbonyl (C=O) groups is 1. The lowest BCUT2D eigenvalue weighted by atomic mass is 10.1. The van der Waals surface area contributed by atoms with Crippen LogP contribution in [0.1, 0.15) is 28.4 Å². The number of carbonyl (C=O) groups excluding carboxylic acids is 1. The summed E-state index contributed by atoms with van der Waals surface area (Å²) in [5.41, 5.74) is 2.66. The van der Waals surface area contributed by atoms with Crippen molar-refractivity contribution in [3.05, 3.63) is 59.2 Å². The highest BCUT2D eigenvalue weighted by molar-refractivity contribution is 7.92. The third-order valence-corrected chi connectivity index (χ3v) is 4.98. The van der Waals surface area contributed by atoms with Crippen LogP contribution in [0.15, 0.2) is 47.4 Å². The number of ether oxygens (including phenoxy) is 1. The van der Waals surface area contributed by atoms with E-state index in [4.69, 9.17) is 4.74 Å². The highest BCUT2D eigenvalue weighted by Gasteiger charge is 2.22. The van der Waals surface area contributed by atoms with E-state index in [1.165, 1.54) is 0 Å². The van der Waals surface area contributed by atoms with Gasteiger partial charge in [-0.05, 0) is 42.3 Å². The summed E-state index contributed by atoms with van der Waals surface area (Å²) in [6.07, 6.45) is 0.854. The predicted octanol–water partition coefficient (Wildman–Crippen LogP) is 2.72. The van der Waals surface area contributed by atoms with Crippen molar-refractivity contribution in [2.24, 2.45) is 0 Å². The maximum Gasteiger partial charge on any atom is 0.338 e. The molecule has 6 heteroatoms. The number of hydrogen-bond donors (Lipinski definition) is 1. The molecule has 0 aromatic heterocycles. The molecule has 1 heterocycles. The Morgan fingerprint density at radius 3 is 2.55 bits per heavy atom. The normalized spacial score (nSPS) is 13.6. The van der Waals surface area contributed by atoms with Crippen molar-refractivity contribution in [1.29, 1.82) is 0 Å². The van der Waals surface area contributed by atoms with E-state index in [9.17, 15) is 13.2 Å². The number of sulfonamides is 1. The average Bonchev–Trinajstić information content (AvgIpc) is 2.88. The van der Waals surface area contributed by atoms with Crippen LogP contribution in [-0.4, -0.2) is 14.4 Å². The number of anilines is 1. The molecule has 0 aliphatic carbocycles. The molecule has 22 heavy (non-hydrogen) atoms. The Kier molecular flexibility index (Phi) is 3.62. The molecule has 0 saturated carbocycles. The fraction of sp³-hybridized carbons (Fsp3) is 0.188. The molecule has 3 rings (SSSR count). The van der Waals surface area contributed by atoms with Crippen molar-refractivity contribution in [3.8, 4) is 0 Å². The predicted molar refractivity (Wildman–Crippen MR) is 82.2 cm³/mol. The highest BCUT2D eigenvalue weighted by Crippen LogP contribution is 2.25. The van der Waals surface area contributed by atoms with Crippen LogP contribution in [0.5, 0.6) is 0 Å². The maximum absolute atomic E-state index is 12.4. The minimum Gasteiger partial charge on any atom is -0.457 e. The summed E-state index contributed by atoms with van der Waals surface area (Å²) >= 11 is 0. The van der Waals surface area contributed by atoms with Crippen molar-refractivity contribution < 1.29 is 17.9 Å². The summed E-state index contributed by atoms with van der Waals surface area (Å²) in [4.78, 5) is 11.6. The van der Waals surface area contributed by atoms with Crippen LogP contribution in [0.25, 0.3) is 0 Å². The molecule has 0 bridgehead atoms. The summed E-state index contributed by atoms with van der Waals surface area (Å²) in [5, 5.41) is 0. The van der Waals surface area contributed by atoms with Gasteiger partial charge in [0.05, 0.1) is 10.5 Å². The van der Waals surface area contributed by atoms with Gasteiger partial charge in [-0.2, -0.15) is 0 Å². The van der Waals surface area contributed by atoms with Crippen LogP contribution in [-0.2, 0) is 27.8 Å². The number of rotatable bonds is 4. The monoisotopic (exact) mass is 317 g/mol. The van der Waals surface area contributed by atoms with E-state index in [1.807, 2.05) is 6.92 Å². The van der Waals surface area contributed by atoms with Crippen molar-refractivity contribution in [2.75, 3.05) is 4.72 Å². The lowest BCUT2D eigenvalue weighted by Gasteiger charge is -2.09. The molecule has 1 aliphatic rings. The molecule has 0 unspecified atom stereocenters. The summed E-state index contributed by atoms with van der Waals surface area (Å²) in [6, 6.07) is 11.5. The first-order valence-electron chi connectivity index (χ1n) is 6.91. The van der Waals surface area contributed by atoms with Crippen LogP contribution < -0.4 is 4.72 Å². The molecule has 0 radical (unpaired) electrons. The largest absolute Gasteiger partial charge is 0.457 e. The fourth-order valence-corrected chi connectivity index (χ4v) is 3.36. The summed E-state index contributed by atoms with van der Waals surface area (Å²) in [6.45, 7) is 2.19. The topological polar surface area (TPSA) is 72.5 Å². The number of hydrogen-bond acceptors (Lipinski definition) is 4. The molecular formula is C16H15NO4S. The molecule has 0 atom stereocenters. The van der Waals surface area contributed by atoms with Crippen molar-refractivity contribution >= 4 is 21.7 Å². The van der Waals surface area contributed by atoms with Gasteiger partial charge in [0.2, 0.25) is 0 Å². The lowest BCUT2D eigenvalue weighted by Crippen LogP contribution is -2.13. The van der Waals surface area contributed by atoms with E-state index < -0.39 is 10.0 Å². The quantitative estimate of drug-likeness (QED) is 0.880. The van der Waals surface area contributed by atoms with Crippen LogP contribution in [0, 0.1) is 0 Å². The fourth-order valence-electron chi connectivity index (χ4n) is 2.32. The Balaban J connectivity index is 1.86. The van der Waals surface area contributed by atoms with Crippen LogP contribution >= 0.6 is 0 Å². The molecular weight excluding hydrogens is 302 g/mol. The van der Waals surface area contributed by atoms with E-state index in [2.05, 4.69) is 4.72 Å². The number of cyclic esters (lactones) is 1. The average molecular weight is 317 g/mol. The summed E-state index contributed by atoms with van der Waals surface area (Å²) in [5.74, 6) is -0.375. The Labute approximate surface area is 129 Å². The van der Waals surface area contributed by atoms with Gasteiger partial charge in [0.1, 0.15) is 6.61 Å². The molecule has 2 aromatic carbocycles. The van der Waals surface area contributed by atoms with Gasteiger partial charge in [-0.25, -0.2) is 13.2 Å². The molecule has 0 spiro atoms. The Hall–Kier alpha value is -2.34. The third kappa shape index (κ3) is 2.69. The molecule has 0 amide bonds. The van der Waals surface area contributed by atoms with E-state index in [0.717, 1.165) is 12.0 Å². The first-order valence-corrected chi connectivity index (χ1v) is 8.40. The number of nitrogens with one attached hydrogen (secondary N) is 1. The lowest BCUT2D eigenvalue weighted by molar-refractivity contribution is 0.0535. The minimum absolute atomic E-state index is 0.176. The summed E-state index contributed by atoms with van der Waals surface area (Å²) in [7, 11) is -3.65. The van der Waals surface area contributed by atoms with E-state index in [0.29, 0.717) is 16.8 Å².